The molecule has 0 aliphatic rings. The highest BCUT2D eigenvalue weighted by atomic mass is 14.8. The van der Waals surface area contributed by atoms with Gasteiger partial charge in [0.05, 0.1) is 5.84 Å². The lowest BCUT2D eigenvalue weighted by atomic mass is 9.87. The zero-order chi connectivity index (χ0) is 9.78. The van der Waals surface area contributed by atoms with E-state index in [0.717, 1.165) is 5.57 Å². The molecule has 0 fully saturated rings. The van der Waals surface area contributed by atoms with Crippen molar-refractivity contribution < 1.29 is 0 Å². The number of hydrogen-bond acceptors (Lipinski definition) is 1. The van der Waals surface area contributed by atoms with Gasteiger partial charge in [0.15, 0.2) is 0 Å². The molecule has 2 nitrogen and oxygen atoms in total. The number of nitrogens with two attached hydrogens (primary N) is 1. The van der Waals surface area contributed by atoms with E-state index in [1.807, 2.05) is 6.08 Å². The van der Waals surface area contributed by atoms with Crippen LogP contribution < -0.4 is 5.73 Å². The minimum Gasteiger partial charge on any atom is -0.387 e. The van der Waals surface area contributed by atoms with E-state index in [0.29, 0.717) is 5.84 Å². The zero-order valence-corrected chi connectivity index (χ0v) is 8.39. The molecular weight excluding hydrogens is 148 g/mol. The van der Waals surface area contributed by atoms with E-state index >= 15 is 0 Å². The molecule has 2 N–H and O–H groups in total. The Labute approximate surface area is 74.9 Å². The molecule has 0 atom stereocenters. The highest BCUT2D eigenvalue weighted by Crippen LogP contribution is 2.25. The van der Waals surface area contributed by atoms with E-state index in [2.05, 4.69) is 32.3 Å². The Morgan fingerprint density at radius 1 is 1.42 bits per heavy atom. The predicted molar refractivity (Wildman–Crippen MR) is 55.0 cm³/mol. The van der Waals surface area contributed by atoms with Crippen LogP contribution in [0.1, 0.15) is 27.7 Å². The van der Waals surface area contributed by atoms with Gasteiger partial charge in [-0.05, 0) is 17.9 Å². The van der Waals surface area contributed by atoms with Crippen molar-refractivity contribution in [2.24, 2.45) is 16.1 Å². The zero-order valence-electron chi connectivity index (χ0n) is 8.39. The van der Waals surface area contributed by atoms with Crippen molar-refractivity contribution in [1.29, 1.82) is 0 Å². The van der Waals surface area contributed by atoms with Gasteiger partial charge in [0, 0.05) is 6.20 Å². The summed E-state index contributed by atoms with van der Waals surface area (Å²) in [6.07, 6.45) is 3.58. The monoisotopic (exact) mass is 166 g/mol. The van der Waals surface area contributed by atoms with Crippen molar-refractivity contribution in [3.63, 3.8) is 0 Å². The average molecular weight is 166 g/mol. The Bertz CT molecular complexity index is 212. The fourth-order valence-electron chi connectivity index (χ4n) is 0.724. The molecule has 0 saturated heterocycles. The third kappa shape index (κ3) is 3.96. The first-order chi connectivity index (χ1) is 5.38. The van der Waals surface area contributed by atoms with Gasteiger partial charge in [-0.2, -0.15) is 0 Å². The molecule has 12 heavy (non-hydrogen) atoms. The summed E-state index contributed by atoms with van der Waals surface area (Å²) in [5, 5.41) is 0. The molecule has 0 aliphatic heterocycles. The average Bonchev–Trinajstić information content (AvgIpc) is 1.85. The molecule has 0 saturated carbocycles. The van der Waals surface area contributed by atoms with Gasteiger partial charge in [-0.3, -0.25) is 0 Å². The Hall–Kier alpha value is -1.05. The lowest BCUT2D eigenvalue weighted by Gasteiger charge is -2.18. The van der Waals surface area contributed by atoms with Crippen molar-refractivity contribution in [2.45, 2.75) is 27.7 Å². The first-order valence-corrected chi connectivity index (χ1v) is 4.01. The lowest BCUT2D eigenvalue weighted by Crippen LogP contribution is -2.08. The van der Waals surface area contributed by atoms with Crippen molar-refractivity contribution in [1.82, 2.24) is 0 Å². The van der Waals surface area contributed by atoms with Crippen molar-refractivity contribution in [3.05, 3.63) is 24.4 Å². The highest BCUT2D eigenvalue weighted by Gasteiger charge is 2.13. The second kappa shape index (κ2) is 4.10. The highest BCUT2D eigenvalue weighted by molar-refractivity contribution is 5.78. The topological polar surface area (TPSA) is 38.4 Å². The fraction of sp³-hybridized carbons (Fsp3) is 0.500. The van der Waals surface area contributed by atoms with Crippen LogP contribution in [0.5, 0.6) is 0 Å². The van der Waals surface area contributed by atoms with Crippen molar-refractivity contribution >= 4 is 5.84 Å². The number of rotatable bonds is 2. The van der Waals surface area contributed by atoms with Crippen LogP contribution in [0.2, 0.25) is 0 Å². The standard InChI is InChI=1S/C10H18N2/c1-6-9(10(3,4)5)7-12-8(2)11/h6-7H,1H2,2-5H3,(H2,11,12)/b9-7+. The number of hydrogen-bond donors (Lipinski definition) is 1. The number of allylic oxidation sites excluding steroid dienone is 2. The summed E-state index contributed by atoms with van der Waals surface area (Å²) in [6.45, 7) is 11.8. The summed E-state index contributed by atoms with van der Waals surface area (Å²) in [5.74, 6) is 0.568. The smallest absolute Gasteiger partial charge is 0.0957 e. The van der Waals surface area contributed by atoms with E-state index in [-0.39, 0.29) is 5.41 Å². The second-order valence-electron chi connectivity index (χ2n) is 3.81. The van der Waals surface area contributed by atoms with Gasteiger partial charge in [0.2, 0.25) is 0 Å². The molecule has 0 spiro atoms. The summed E-state index contributed by atoms with van der Waals surface area (Å²) in [4.78, 5) is 4.02. The number of nitrogens with zero attached hydrogens (tertiary/aromatic N) is 1. The first-order valence-electron chi connectivity index (χ1n) is 4.01. The maximum atomic E-state index is 5.41. The van der Waals surface area contributed by atoms with Crippen LogP contribution in [0, 0.1) is 5.41 Å². The molecule has 2 heteroatoms. The van der Waals surface area contributed by atoms with Gasteiger partial charge in [-0.25, -0.2) is 4.99 Å². The molecular formula is C10H18N2. The summed E-state index contributed by atoms with van der Waals surface area (Å²) in [6, 6.07) is 0. The van der Waals surface area contributed by atoms with Crippen LogP contribution in [-0.4, -0.2) is 5.84 Å². The van der Waals surface area contributed by atoms with Crippen LogP contribution in [0.15, 0.2) is 29.4 Å². The Balaban J connectivity index is 4.68. The third-order valence-corrected chi connectivity index (χ3v) is 1.49. The van der Waals surface area contributed by atoms with Crippen LogP contribution in [-0.2, 0) is 0 Å². The predicted octanol–water partition coefficient (Wildman–Crippen LogP) is 2.48. The van der Waals surface area contributed by atoms with Crippen LogP contribution >= 0.6 is 0 Å². The van der Waals surface area contributed by atoms with Gasteiger partial charge in [-0.1, -0.05) is 33.4 Å². The normalized spacial score (nSPS) is 14.7. The van der Waals surface area contributed by atoms with Gasteiger partial charge >= 0.3 is 0 Å². The molecule has 0 radical (unpaired) electrons. The summed E-state index contributed by atoms with van der Waals surface area (Å²) >= 11 is 0. The summed E-state index contributed by atoms with van der Waals surface area (Å²) < 4.78 is 0. The van der Waals surface area contributed by atoms with Gasteiger partial charge in [0.1, 0.15) is 0 Å². The quantitative estimate of drug-likeness (QED) is 0.382. The molecule has 0 heterocycles. The fourth-order valence-corrected chi connectivity index (χ4v) is 0.724. The Morgan fingerprint density at radius 3 is 2.17 bits per heavy atom. The van der Waals surface area contributed by atoms with Gasteiger partial charge in [-0.15, -0.1) is 0 Å². The van der Waals surface area contributed by atoms with Gasteiger partial charge < -0.3 is 5.73 Å². The number of aliphatic imine (C=N–C) groups is 1. The van der Waals surface area contributed by atoms with Crippen molar-refractivity contribution in [2.75, 3.05) is 0 Å². The van der Waals surface area contributed by atoms with E-state index in [4.69, 9.17) is 5.73 Å². The van der Waals surface area contributed by atoms with E-state index in [1.165, 1.54) is 0 Å². The maximum absolute atomic E-state index is 5.41. The van der Waals surface area contributed by atoms with Crippen molar-refractivity contribution in [3.8, 4) is 0 Å². The molecule has 0 bridgehead atoms. The number of amidine groups is 1. The second-order valence-corrected chi connectivity index (χ2v) is 3.81. The Morgan fingerprint density at radius 2 is 1.92 bits per heavy atom. The molecule has 0 aromatic carbocycles. The molecule has 0 aromatic rings. The molecule has 0 unspecified atom stereocenters. The van der Waals surface area contributed by atoms with Crippen LogP contribution in [0.4, 0.5) is 0 Å². The maximum Gasteiger partial charge on any atom is 0.0957 e. The van der Waals surface area contributed by atoms with Crippen LogP contribution in [0.3, 0.4) is 0 Å². The van der Waals surface area contributed by atoms with E-state index < -0.39 is 0 Å². The lowest BCUT2D eigenvalue weighted by molar-refractivity contribution is 0.516. The third-order valence-electron chi connectivity index (χ3n) is 1.49. The molecule has 0 amide bonds. The molecule has 68 valence electrons. The summed E-state index contributed by atoms with van der Waals surface area (Å²) in [5.41, 5.74) is 6.58. The minimum absolute atomic E-state index is 0.0840. The Kier molecular flexibility index (Phi) is 3.74. The van der Waals surface area contributed by atoms with Crippen LogP contribution in [0.25, 0.3) is 0 Å². The van der Waals surface area contributed by atoms with Gasteiger partial charge in [0.25, 0.3) is 0 Å². The largest absolute Gasteiger partial charge is 0.387 e. The minimum atomic E-state index is 0.0840. The molecule has 0 rings (SSSR count). The van der Waals surface area contributed by atoms with E-state index in [1.54, 1.807) is 13.1 Å². The first kappa shape index (κ1) is 11.0. The molecule has 0 aromatic heterocycles. The SMILES string of the molecule is C=C/C(=C\N=C(/C)N)C(C)(C)C. The summed E-state index contributed by atoms with van der Waals surface area (Å²) in [7, 11) is 0. The van der Waals surface area contributed by atoms with E-state index in [9.17, 15) is 0 Å². The molecule has 0 aliphatic carbocycles.